The molecule has 4 nitrogen and oxygen atoms in total. The van der Waals surface area contributed by atoms with Crippen molar-refractivity contribution in [3.05, 3.63) is 65.7 Å². The lowest BCUT2D eigenvalue weighted by Crippen LogP contribution is -2.42. The number of hydrogen-bond acceptors (Lipinski definition) is 2. The molecular formula is C20H25N3O. The number of urea groups is 1. The summed E-state index contributed by atoms with van der Waals surface area (Å²) in [5.41, 5.74) is 3.78. The predicted octanol–water partition coefficient (Wildman–Crippen LogP) is 3.50. The molecular weight excluding hydrogens is 298 g/mol. The van der Waals surface area contributed by atoms with Crippen molar-refractivity contribution >= 4 is 11.7 Å². The van der Waals surface area contributed by atoms with Gasteiger partial charge >= 0.3 is 6.03 Å². The van der Waals surface area contributed by atoms with Crippen molar-refractivity contribution in [2.24, 2.45) is 0 Å². The lowest BCUT2D eigenvalue weighted by Gasteiger charge is -2.26. The minimum atomic E-state index is -0.0850. The van der Waals surface area contributed by atoms with E-state index >= 15 is 0 Å². The molecule has 0 saturated carbocycles. The molecule has 2 aromatic rings. The third kappa shape index (κ3) is 4.07. The summed E-state index contributed by atoms with van der Waals surface area (Å²) >= 11 is 0. The maximum atomic E-state index is 12.2. The van der Waals surface area contributed by atoms with Crippen LogP contribution in [0.4, 0.5) is 10.5 Å². The second-order valence-corrected chi connectivity index (χ2v) is 6.30. The lowest BCUT2D eigenvalue weighted by molar-refractivity contribution is 0.236. The van der Waals surface area contributed by atoms with Gasteiger partial charge in [-0.25, -0.2) is 4.79 Å². The molecule has 2 N–H and O–H groups in total. The van der Waals surface area contributed by atoms with Gasteiger partial charge in [-0.3, -0.25) is 0 Å². The fourth-order valence-corrected chi connectivity index (χ4v) is 3.26. The molecule has 1 aliphatic carbocycles. The molecule has 0 aliphatic heterocycles. The molecule has 0 bridgehead atoms. The number of hydrogen-bond donors (Lipinski definition) is 2. The van der Waals surface area contributed by atoms with E-state index < -0.39 is 0 Å². The van der Waals surface area contributed by atoms with Crippen LogP contribution in [0.5, 0.6) is 0 Å². The molecule has 2 amide bonds. The molecule has 0 radical (unpaired) electrons. The van der Waals surface area contributed by atoms with E-state index in [1.54, 1.807) is 0 Å². The molecule has 126 valence electrons. The smallest absolute Gasteiger partial charge is 0.315 e. The van der Waals surface area contributed by atoms with Gasteiger partial charge in [0.1, 0.15) is 0 Å². The zero-order valence-electron chi connectivity index (χ0n) is 14.2. The van der Waals surface area contributed by atoms with Crippen molar-refractivity contribution in [1.29, 1.82) is 0 Å². The molecule has 4 heteroatoms. The number of nitrogens with zero attached hydrogens (tertiary/aromatic N) is 1. The fourth-order valence-electron chi connectivity index (χ4n) is 3.26. The van der Waals surface area contributed by atoms with Crippen LogP contribution in [0.3, 0.4) is 0 Å². The van der Waals surface area contributed by atoms with Crippen LogP contribution in [0.25, 0.3) is 0 Å². The Balaban J connectivity index is 1.47. The monoisotopic (exact) mass is 323 g/mol. The first-order chi connectivity index (χ1) is 11.7. The van der Waals surface area contributed by atoms with E-state index in [1.807, 2.05) is 31.3 Å². The van der Waals surface area contributed by atoms with Gasteiger partial charge in [-0.05, 0) is 42.5 Å². The van der Waals surface area contributed by atoms with E-state index in [0.717, 1.165) is 31.5 Å². The molecule has 0 saturated heterocycles. The minimum absolute atomic E-state index is 0.0850. The van der Waals surface area contributed by atoms with Gasteiger partial charge in [0.15, 0.2) is 0 Å². The Morgan fingerprint density at radius 2 is 1.88 bits per heavy atom. The molecule has 1 unspecified atom stereocenters. The van der Waals surface area contributed by atoms with E-state index in [-0.39, 0.29) is 12.1 Å². The highest BCUT2D eigenvalue weighted by molar-refractivity contribution is 5.74. The summed E-state index contributed by atoms with van der Waals surface area (Å²) in [5.74, 6) is 0. The maximum Gasteiger partial charge on any atom is 0.315 e. The van der Waals surface area contributed by atoms with Crippen LogP contribution in [0.2, 0.25) is 0 Å². The Labute approximate surface area is 143 Å². The number of likely N-dealkylation sites (N-methyl/N-ethyl adjacent to an activating group) is 1. The third-order valence-electron chi connectivity index (χ3n) is 4.60. The van der Waals surface area contributed by atoms with Gasteiger partial charge in [0.2, 0.25) is 0 Å². The summed E-state index contributed by atoms with van der Waals surface area (Å²) in [4.78, 5) is 14.3. The van der Waals surface area contributed by atoms with E-state index in [2.05, 4.69) is 45.9 Å². The number of rotatable bonds is 5. The van der Waals surface area contributed by atoms with Crippen molar-refractivity contribution in [1.82, 2.24) is 10.6 Å². The van der Waals surface area contributed by atoms with Crippen molar-refractivity contribution < 1.29 is 4.79 Å². The molecule has 2 aromatic carbocycles. The van der Waals surface area contributed by atoms with Crippen LogP contribution in [-0.2, 0) is 6.42 Å². The van der Waals surface area contributed by atoms with Crippen LogP contribution in [0.1, 0.15) is 30.0 Å². The van der Waals surface area contributed by atoms with Gasteiger partial charge in [0, 0.05) is 25.8 Å². The lowest BCUT2D eigenvalue weighted by atomic mass is 9.88. The standard InChI is InChI=1S/C20H25N3O/c1-23(17-10-3-2-4-11-17)15-14-21-20(24)22-19-13-7-9-16-8-5-6-12-18(16)19/h2-6,8,10-12,19H,7,9,13-15H2,1H3,(H2,21,22,24). The molecule has 1 atom stereocenters. The van der Waals surface area contributed by atoms with Crippen LogP contribution in [0.15, 0.2) is 54.6 Å². The van der Waals surface area contributed by atoms with Crippen molar-refractivity contribution in [2.75, 3.05) is 25.0 Å². The summed E-state index contributed by atoms with van der Waals surface area (Å²) in [6.07, 6.45) is 3.24. The van der Waals surface area contributed by atoms with Crippen molar-refractivity contribution in [2.45, 2.75) is 25.3 Å². The Bertz CT molecular complexity index is 672. The largest absolute Gasteiger partial charge is 0.373 e. The molecule has 0 aromatic heterocycles. The molecule has 0 spiro atoms. The van der Waals surface area contributed by atoms with E-state index in [9.17, 15) is 4.79 Å². The first kappa shape index (κ1) is 16.4. The van der Waals surface area contributed by atoms with Gasteiger partial charge in [0.05, 0.1) is 6.04 Å². The summed E-state index contributed by atoms with van der Waals surface area (Å²) in [7, 11) is 2.03. The highest BCUT2D eigenvalue weighted by Gasteiger charge is 2.21. The SMILES string of the molecule is CN(CCNC(=O)NC1CCCc2ccccc21)c1ccccc1. The third-order valence-corrected chi connectivity index (χ3v) is 4.60. The number of amides is 2. The van der Waals surface area contributed by atoms with Crippen LogP contribution < -0.4 is 15.5 Å². The Kier molecular flexibility index (Phi) is 5.36. The highest BCUT2D eigenvalue weighted by atomic mass is 16.2. The number of benzene rings is 2. The summed E-state index contributed by atoms with van der Waals surface area (Å²) in [6.45, 7) is 1.39. The summed E-state index contributed by atoms with van der Waals surface area (Å²) in [6, 6.07) is 18.6. The zero-order valence-corrected chi connectivity index (χ0v) is 14.2. The average molecular weight is 323 g/mol. The number of aryl methyl sites for hydroxylation is 1. The van der Waals surface area contributed by atoms with Crippen LogP contribution in [-0.4, -0.2) is 26.2 Å². The normalized spacial score (nSPS) is 16.1. The molecule has 0 heterocycles. The molecule has 3 rings (SSSR count). The van der Waals surface area contributed by atoms with E-state index in [1.165, 1.54) is 11.1 Å². The fraction of sp³-hybridized carbons (Fsp3) is 0.350. The minimum Gasteiger partial charge on any atom is -0.373 e. The number of fused-ring (bicyclic) bond motifs is 1. The number of para-hydroxylation sites is 1. The van der Waals surface area contributed by atoms with E-state index in [4.69, 9.17) is 0 Å². The van der Waals surface area contributed by atoms with Gasteiger partial charge in [0.25, 0.3) is 0 Å². The molecule has 1 aliphatic rings. The number of anilines is 1. The Morgan fingerprint density at radius 1 is 1.12 bits per heavy atom. The molecule has 24 heavy (non-hydrogen) atoms. The topological polar surface area (TPSA) is 44.4 Å². The van der Waals surface area contributed by atoms with Gasteiger partial charge < -0.3 is 15.5 Å². The Morgan fingerprint density at radius 3 is 2.71 bits per heavy atom. The van der Waals surface area contributed by atoms with E-state index in [0.29, 0.717) is 6.54 Å². The van der Waals surface area contributed by atoms with Gasteiger partial charge in [-0.2, -0.15) is 0 Å². The second kappa shape index (κ2) is 7.86. The highest BCUT2D eigenvalue weighted by Crippen LogP contribution is 2.29. The van der Waals surface area contributed by atoms with Crippen LogP contribution in [0, 0.1) is 0 Å². The number of carbonyl (C=O) groups excluding carboxylic acids is 1. The number of nitrogens with one attached hydrogen (secondary N) is 2. The van der Waals surface area contributed by atoms with Crippen molar-refractivity contribution in [3.63, 3.8) is 0 Å². The zero-order chi connectivity index (χ0) is 16.8. The number of carbonyl (C=O) groups is 1. The predicted molar refractivity (Wildman–Crippen MR) is 98.4 cm³/mol. The maximum absolute atomic E-state index is 12.2. The average Bonchev–Trinajstić information content (AvgIpc) is 2.63. The first-order valence-electron chi connectivity index (χ1n) is 8.62. The first-order valence-corrected chi connectivity index (χ1v) is 8.62. The Hall–Kier alpha value is -2.49. The van der Waals surface area contributed by atoms with Gasteiger partial charge in [-0.15, -0.1) is 0 Å². The second-order valence-electron chi connectivity index (χ2n) is 6.30. The van der Waals surface area contributed by atoms with Crippen molar-refractivity contribution in [3.8, 4) is 0 Å². The molecule has 0 fully saturated rings. The van der Waals surface area contributed by atoms with Crippen LogP contribution >= 0.6 is 0 Å². The summed E-state index contributed by atoms with van der Waals surface area (Å²) in [5, 5.41) is 6.09. The quantitative estimate of drug-likeness (QED) is 0.884. The van der Waals surface area contributed by atoms with Gasteiger partial charge in [-0.1, -0.05) is 42.5 Å². The summed E-state index contributed by atoms with van der Waals surface area (Å²) < 4.78 is 0.